The summed E-state index contributed by atoms with van der Waals surface area (Å²) in [7, 11) is 0. The number of aliphatic hydroxyl groups is 1. The highest BCUT2D eigenvalue weighted by Gasteiger charge is 2.45. The van der Waals surface area contributed by atoms with Gasteiger partial charge in [0, 0.05) is 23.7 Å². The Labute approximate surface area is 179 Å². The topological polar surface area (TPSA) is 52.6 Å². The molecule has 5 rings (SSSR count). The van der Waals surface area contributed by atoms with Crippen LogP contribution in [0.1, 0.15) is 28.4 Å². The predicted octanol–water partition coefficient (Wildman–Crippen LogP) is 4.62. The van der Waals surface area contributed by atoms with Crippen LogP contribution in [0.5, 0.6) is 0 Å². The first-order valence-corrected chi connectivity index (χ1v) is 10.4. The minimum atomic E-state index is -0.445. The lowest BCUT2D eigenvalue weighted by Gasteiger charge is -2.39. The van der Waals surface area contributed by atoms with E-state index in [1.165, 1.54) is 30.3 Å². The summed E-state index contributed by atoms with van der Waals surface area (Å²) >= 11 is 0. The van der Waals surface area contributed by atoms with Gasteiger partial charge in [0.15, 0.2) is 0 Å². The molecule has 3 atom stereocenters. The van der Waals surface area contributed by atoms with Crippen molar-refractivity contribution in [1.29, 1.82) is 0 Å². The molecule has 4 nitrogen and oxygen atoms in total. The van der Waals surface area contributed by atoms with Crippen molar-refractivity contribution in [1.82, 2.24) is 4.90 Å². The van der Waals surface area contributed by atoms with Crippen LogP contribution in [-0.4, -0.2) is 35.1 Å². The molecule has 0 radical (unpaired) electrons. The lowest BCUT2D eigenvalue weighted by Crippen LogP contribution is -2.42. The fraction of sp³-hybridized carbons (Fsp3) is 0.240. The van der Waals surface area contributed by atoms with Gasteiger partial charge in [0.25, 0.3) is 5.91 Å². The molecule has 2 heterocycles. The van der Waals surface area contributed by atoms with Crippen LogP contribution in [0.4, 0.5) is 14.5 Å². The highest BCUT2D eigenvalue weighted by atomic mass is 19.1. The Morgan fingerprint density at radius 1 is 1.00 bits per heavy atom. The number of nitrogens with one attached hydrogen (secondary N) is 1. The average Bonchev–Trinajstić information content (AvgIpc) is 3.24. The van der Waals surface area contributed by atoms with Crippen LogP contribution in [0, 0.1) is 17.6 Å². The molecule has 1 amide bonds. The quantitative estimate of drug-likeness (QED) is 0.650. The normalized spacial score (nSPS) is 21.9. The van der Waals surface area contributed by atoms with Gasteiger partial charge in [-0.2, -0.15) is 0 Å². The van der Waals surface area contributed by atoms with Crippen LogP contribution < -0.4 is 5.32 Å². The van der Waals surface area contributed by atoms with Crippen molar-refractivity contribution in [3.05, 3.63) is 89.5 Å². The molecule has 0 spiro atoms. The largest absolute Gasteiger partial charge is 0.394 e. The number of fused-ring (bicyclic) bond motifs is 3. The van der Waals surface area contributed by atoms with Gasteiger partial charge >= 0.3 is 0 Å². The van der Waals surface area contributed by atoms with Crippen molar-refractivity contribution in [2.24, 2.45) is 5.92 Å². The van der Waals surface area contributed by atoms with Gasteiger partial charge in [-0.3, -0.25) is 4.79 Å². The number of aliphatic hydroxyl groups excluding tert-OH is 1. The monoisotopic (exact) mass is 420 g/mol. The van der Waals surface area contributed by atoms with Crippen molar-refractivity contribution in [3.8, 4) is 11.1 Å². The molecule has 0 saturated carbocycles. The van der Waals surface area contributed by atoms with Gasteiger partial charge in [-0.05, 0) is 65.6 Å². The second-order valence-electron chi connectivity index (χ2n) is 8.15. The maximum absolute atomic E-state index is 13.7. The zero-order valence-corrected chi connectivity index (χ0v) is 16.8. The minimum absolute atomic E-state index is 0.0394. The SMILES string of the molecule is O=C(c1cccc(F)c1)N1CC[C@@H]2[C@@H](CO)Nc3ccc(-c4ccc(F)cc4)cc3[C@@H]21. The molecule has 158 valence electrons. The van der Waals surface area contributed by atoms with Crippen molar-refractivity contribution < 1.29 is 18.7 Å². The molecule has 0 bridgehead atoms. The van der Waals surface area contributed by atoms with Crippen LogP contribution in [-0.2, 0) is 0 Å². The number of hydrogen-bond donors (Lipinski definition) is 2. The molecule has 0 aromatic heterocycles. The molecule has 2 N–H and O–H groups in total. The molecule has 31 heavy (non-hydrogen) atoms. The number of hydrogen-bond acceptors (Lipinski definition) is 3. The first-order chi connectivity index (χ1) is 15.0. The summed E-state index contributed by atoms with van der Waals surface area (Å²) in [6, 6.07) is 17.6. The summed E-state index contributed by atoms with van der Waals surface area (Å²) in [6.07, 6.45) is 0.740. The summed E-state index contributed by atoms with van der Waals surface area (Å²) in [5, 5.41) is 13.4. The van der Waals surface area contributed by atoms with Crippen molar-refractivity contribution in [2.45, 2.75) is 18.5 Å². The molecule has 2 aliphatic heterocycles. The Bertz CT molecular complexity index is 1130. The van der Waals surface area contributed by atoms with Gasteiger partial charge in [-0.25, -0.2) is 8.78 Å². The van der Waals surface area contributed by atoms with E-state index in [2.05, 4.69) is 5.32 Å². The number of carbonyl (C=O) groups is 1. The smallest absolute Gasteiger partial charge is 0.254 e. The first kappa shape index (κ1) is 19.7. The standard InChI is InChI=1S/C25H22F2N2O2/c26-18-7-4-15(5-8-18)16-6-9-22-21(13-16)24-20(23(14-30)28-22)10-11-29(24)25(31)17-2-1-3-19(27)12-17/h1-9,12-13,20,23-24,28,30H,10-11,14H2/t20-,23-,24-/m1/s1. The van der Waals surface area contributed by atoms with Gasteiger partial charge in [0.1, 0.15) is 11.6 Å². The molecule has 6 heteroatoms. The second-order valence-corrected chi connectivity index (χ2v) is 8.15. The maximum atomic E-state index is 13.7. The lowest BCUT2D eigenvalue weighted by molar-refractivity contribution is 0.0700. The van der Waals surface area contributed by atoms with E-state index in [9.17, 15) is 18.7 Å². The number of likely N-dealkylation sites (tertiary alicyclic amines) is 1. The highest BCUT2D eigenvalue weighted by Crippen LogP contribution is 2.47. The van der Waals surface area contributed by atoms with Gasteiger partial charge in [-0.1, -0.05) is 24.3 Å². The summed E-state index contributed by atoms with van der Waals surface area (Å²) in [5.41, 5.74) is 3.94. The summed E-state index contributed by atoms with van der Waals surface area (Å²) < 4.78 is 27.1. The van der Waals surface area contributed by atoms with Gasteiger partial charge < -0.3 is 15.3 Å². The van der Waals surface area contributed by atoms with Gasteiger partial charge in [-0.15, -0.1) is 0 Å². The minimum Gasteiger partial charge on any atom is -0.394 e. The second kappa shape index (κ2) is 7.78. The summed E-state index contributed by atoms with van der Waals surface area (Å²) in [4.78, 5) is 15.1. The number of nitrogens with zero attached hydrogens (tertiary/aromatic N) is 1. The highest BCUT2D eigenvalue weighted by molar-refractivity contribution is 5.95. The number of carbonyl (C=O) groups excluding carboxylic acids is 1. The van der Waals surface area contributed by atoms with E-state index < -0.39 is 5.82 Å². The van der Waals surface area contributed by atoms with E-state index in [0.29, 0.717) is 12.1 Å². The maximum Gasteiger partial charge on any atom is 0.254 e. The zero-order valence-electron chi connectivity index (χ0n) is 16.8. The van der Waals surface area contributed by atoms with Crippen molar-refractivity contribution in [3.63, 3.8) is 0 Å². The van der Waals surface area contributed by atoms with Crippen molar-refractivity contribution >= 4 is 11.6 Å². The van der Waals surface area contributed by atoms with E-state index in [1.54, 1.807) is 23.1 Å². The van der Waals surface area contributed by atoms with Crippen LogP contribution in [0.25, 0.3) is 11.1 Å². The number of rotatable bonds is 3. The molecule has 0 aliphatic carbocycles. The third-order valence-corrected chi connectivity index (χ3v) is 6.38. The van der Waals surface area contributed by atoms with Gasteiger partial charge in [0.2, 0.25) is 0 Å². The zero-order chi connectivity index (χ0) is 21.5. The van der Waals surface area contributed by atoms with E-state index in [4.69, 9.17) is 0 Å². The Morgan fingerprint density at radius 3 is 2.52 bits per heavy atom. The molecule has 3 aromatic rings. The fourth-order valence-corrected chi connectivity index (χ4v) is 4.90. The molecule has 3 aromatic carbocycles. The molecule has 2 aliphatic rings. The fourth-order valence-electron chi connectivity index (χ4n) is 4.90. The van der Waals surface area contributed by atoms with Crippen molar-refractivity contribution in [2.75, 3.05) is 18.5 Å². The van der Waals surface area contributed by atoms with E-state index >= 15 is 0 Å². The Balaban J connectivity index is 1.57. The Hall–Kier alpha value is -3.25. The Kier molecular flexibility index (Phi) is 4.94. The van der Waals surface area contributed by atoms with Crippen LogP contribution in [0.3, 0.4) is 0 Å². The molecule has 1 fully saturated rings. The first-order valence-electron chi connectivity index (χ1n) is 10.4. The van der Waals surface area contributed by atoms with E-state index in [1.807, 2.05) is 18.2 Å². The third kappa shape index (κ3) is 3.47. The molecule has 1 saturated heterocycles. The number of halogens is 2. The number of amides is 1. The third-order valence-electron chi connectivity index (χ3n) is 6.38. The Morgan fingerprint density at radius 2 is 1.77 bits per heavy atom. The average molecular weight is 420 g/mol. The summed E-state index contributed by atoms with van der Waals surface area (Å²) in [5.74, 6) is -0.918. The number of benzene rings is 3. The molecule has 0 unspecified atom stereocenters. The van der Waals surface area contributed by atoms with Crippen LogP contribution in [0.15, 0.2) is 66.7 Å². The molecular weight excluding hydrogens is 398 g/mol. The van der Waals surface area contributed by atoms with E-state index in [-0.39, 0.29) is 36.3 Å². The molecular formula is C25H22F2N2O2. The van der Waals surface area contributed by atoms with E-state index in [0.717, 1.165) is 28.8 Å². The summed E-state index contributed by atoms with van der Waals surface area (Å²) in [6.45, 7) is 0.491. The van der Waals surface area contributed by atoms with Crippen LogP contribution in [0.2, 0.25) is 0 Å². The lowest BCUT2D eigenvalue weighted by atomic mass is 9.82. The van der Waals surface area contributed by atoms with Crippen LogP contribution >= 0.6 is 0 Å². The number of anilines is 1. The van der Waals surface area contributed by atoms with Gasteiger partial charge in [0.05, 0.1) is 18.7 Å². The predicted molar refractivity (Wildman–Crippen MR) is 115 cm³/mol.